The molecule has 8 heteroatoms. The van der Waals surface area contributed by atoms with Gasteiger partial charge in [-0.25, -0.2) is 12.8 Å². The first kappa shape index (κ1) is 17.1. The molecule has 1 aromatic heterocycles. The number of rotatable bonds is 4. The van der Waals surface area contributed by atoms with Crippen LogP contribution in [0.25, 0.3) is 0 Å². The summed E-state index contributed by atoms with van der Waals surface area (Å²) in [5, 5.41) is 2.49. The Morgan fingerprint density at radius 1 is 1.29 bits per heavy atom. The van der Waals surface area contributed by atoms with Gasteiger partial charge in [0.05, 0.1) is 5.69 Å². The van der Waals surface area contributed by atoms with Crippen molar-refractivity contribution in [2.75, 3.05) is 11.9 Å². The second-order valence-electron chi connectivity index (χ2n) is 5.61. The van der Waals surface area contributed by atoms with E-state index in [0.717, 1.165) is 4.88 Å². The number of anilines is 1. The molecule has 2 aromatic rings. The van der Waals surface area contributed by atoms with Gasteiger partial charge in [0.25, 0.3) is 10.0 Å². The first-order valence-electron chi connectivity index (χ1n) is 7.53. The molecule has 1 unspecified atom stereocenters. The molecule has 0 bridgehead atoms. The summed E-state index contributed by atoms with van der Waals surface area (Å²) in [6.07, 6.45) is 1.02. The van der Waals surface area contributed by atoms with E-state index in [1.807, 2.05) is 6.92 Å². The average Bonchev–Trinajstić information content (AvgIpc) is 3.18. The molecule has 1 atom stereocenters. The normalized spacial score (nSPS) is 18.7. The Bertz CT molecular complexity index is 864. The molecule has 5 nitrogen and oxygen atoms in total. The van der Waals surface area contributed by atoms with Gasteiger partial charge in [0.15, 0.2) is 0 Å². The Labute approximate surface area is 144 Å². The maximum absolute atomic E-state index is 13.7. The van der Waals surface area contributed by atoms with Gasteiger partial charge >= 0.3 is 0 Å². The zero-order chi connectivity index (χ0) is 17.3. The molecule has 24 heavy (non-hydrogen) atoms. The van der Waals surface area contributed by atoms with Crippen molar-refractivity contribution < 1.29 is 17.6 Å². The van der Waals surface area contributed by atoms with E-state index in [0.29, 0.717) is 12.8 Å². The molecule has 1 aliphatic rings. The second kappa shape index (κ2) is 6.62. The van der Waals surface area contributed by atoms with Crippen molar-refractivity contribution in [1.82, 2.24) is 4.31 Å². The Hall–Kier alpha value is -1.77. The SMILES string of the molecule is Cc1ccc(S(=O)(=O)N2CCCC2C(=O)Nc2ccccc2F)s1. The Morgan fingerprint density at radius 2 is 2.04 bits per heavy atom. The van der Waals surface area contributed by atoms with E-state index in [4.69, 9.17) is 0 Å². The standard InChI is InChI=1S/C16H17FN2O3S2/c1-11-8-9-15(23-11)24(21,22)19-10-4-7-14(19)16(20)18-13-6-3-2-5-12(13)17/h2-3,5-6,8-9,14H,4,7,10H2,1H3,(H,18,20). The summed E-state index contributed by atoms with van der Waals surface area (Å²) in [5.41, 5.74) is 0.0544. The average molecular weight is 368 g/mol. The smallest absolute Gasteiger partial charge is 0.253 e. The maximum atomic E-state index is 13.7. The number of sulfonamides is 1. The molecule has 0 spiro atoms. The van der Waals surface area contributed by atoms with Gasteiger partial charge in [0, 0.05) is 11.4 Å². The molecule has 0 radical (unpaired) electrons. The van der Waals surface area contributed by atoms with Crippen molar-refractivity contribution in [1.29, 1.82) is 0 Å². The number of carbonyl (C=O) groups is 1. The minimum atomic E-state index is -3.72. The Balaban J connectivity index is 1.83. The predicted molar refractivity (Wildman–Crippen MR) is 91.0 cm³/mol. The molecule has 1 aliphatic heterocycles. The van der Waals surface area contributed by atoms with E-state index in [9.17, 15) is 17.6 Å². The Morgan fingerprint density at radius 3 is 2.71 bits per heavy atom. The third-order valence-corrected chi connectivity index (χ3v) is 7.29. The highest BCUT2D eigenvalue weighted by Gasteiger charge is 2.40. The van der Waals surface area contributed by atoms with Crippen LogP contribution in [0.1, 0.15) is 17.7 Å². The van der Waals surface area contributed by atoms with E-state index < -0.39 is 27.8 Å². The zero-order valence-corrected chi connectivity index (χ0v) is 14.7. The molecule has 1 aromatic carbocycles. The largest absolute Gasteiger partial charge is 0.322 e. The van der Waals surface area contributed by atoms with Crippen molar-refractivity contribution in [2.24, 2.45) is 0 Å². The van der Waals surface area contributed by atoms with Crippen LogP contribution in [0.15, 0.2) is 40.6 Å². The van der Waals surface area contributed by atoms with Crippen LogP contribution in [0.3, 0.4) is 0 Å². The fourth-order valence-electron chi connectivity index (χ4n) is 2.73. The Kier molecular flexibility index (Phi) is 4.71. The lowest BCUT2D eigenvalue weighted by atomic mass is 10.2. The molecular weight excluding hydrogens is 351 g/mol. The molecule has 1 saturated heterocycles. The third-order valence-electron chi connectivity index (χ3n) is 3.92. The number of hydrogen-bond donors (Lipinski definition) is 1. The number of nitrogens with zero attached hydrogens (tertiary/aromatic N) is 1. The van der Waals surface area contributed by atoms with Gasteiger partial charge in [-0.15, -0.1) is 11.3 Å². The topological polar surface area (TPSA) is 66.5 Å². The fourth-order valence-corrected chi connectivity index (χ4v) is 5.80. The summed E-state index contributed by atoms with van der Waals surface area (Å²) in [6, 6.07) is 8.29. The highest BCUT2D eigenvalue weighted by atomic mass is 32.2. The lowest BCUT2D eigenvalue weighted by Crippen LogP contribution is -2.42. The monoisotopic (exact) mass is 368 g/mol. The number of halogens is 1. The molecule has 1 N–H and O–H groups in total. The molecule has 128 valence electrons. The third kappa shape index (κ3) is 3.22. The van der Waals surface area contributed by atoms with Crippen molar-refractivity contribution in [3.8, 4) is 0 Å². The van der Waals surface area contributed by atoms with Crippen molar-refractivity contribution in [3.05, 3.63) is 47.1 Å². The highest BCUT2D eigenvalue weighted by Crippen LogP contribution is 2.30. The van der Waals surface area contributed by atoms with E-state index in [2.05, 4.69) is 5.32 Å². The van der Waals surface area contributed by atoms with Crippen molar-refractivity contribution in [3.63, 3.8) is 0 Å². The van der Waals surface area contributed by atoms with E-state index in [-0.39, 0.29) is 16.4 Å². The molecule has 1 fully saturated rings. The highest BCUT2D eigenvalue weighted by molar-refractivity contribution is 7.91. The van der Waals surface area contributed by atoms with Crippen LogP contribution in [-0.2, 0) is 14.8 Å². The van der Waals surface area contributed by atoms with Gasteiger partial charge in [-0.05, 0) is 44.0 Å². The zero-order valence-electron chi connectivity index (χ0n) is 13.0. The quantitative estimate of drug-likeness (QED) is 0.902. The van der Waals surface area contributed by atoms with Crippen molar-refractivity contribution >= 4 is 33.0 Å². The van der Waals surface area contributed by atoms with Gasteiger partial charge in [-0.2, -0.15) is 4.31 Å². The number of benzene rings is 1. The molecule has 2 heterocycles. The lowest BCUT2D eigenvalue weighted by Gasteiger charge is -2.22. The molecule has 1 amide bonds. The van der Waals surface area contributed by atoms with Gasteiger partial charge in [-0.1, -0.05) is 12.1 Å². The molecule has 0 saturated carbocycles. The van der Waals surface area contributed by atoms with Crippen LogP contribution in [0, 0.1) is 12.7 Å². The number of carbonyl (C=O) groups excluding carboxylic acids is 1. The van der Waals surface area contributed by atoms with E-state index in [1.165, 1.54) is 33.8 Å². The molecule has 3 rings (SSSR count). The predicted octanol–water partition coefficient (Wildman–Crippen LogP) is 2.99. The van der Waals surface area contributed by atoms with Crippen LogP contribution in [0.2, 0.25) is 0 Å². The van der Waals surface area contributed by atoms with Crippen LogP contribution in [0.4, 0.5) is 10.1 Å². The number of para-hydroxylation sites is 1. The summed E-state index contributed by atoms with van der Waals surface area (Å²) >= 11 is 1.18. The number of aryl methyl sites for hydroxylation is 1. The first-order chi connectivity index (χ1) is 11.4. The number of hydrogen-bond acceptors (Lipinski definition) is 4. The van der Waals surface area contributed by atoms with Crippen LogP contribution < -0.4 is 5.32 Å². The summed E-state index contributed by atoms with van der Waals surface area (Å²) < 4.78 is 40.7. The number of thiophene rings is 1. The van der Waals surface area contributed by atoms with Crippen LogP contribution >= 0.6 is 11.3 Å². The van der Waals surface area contributed by atoms with Crippen LogP contribution in [-0.4, -0.2) is 31.2 Å². The summed E-state index contributed by atoms with van der Waals surface area (Å²) in [6.45, 7) is 2.12. The minimum absolute atomic E-state index is 0.0544. The summed E-state index contributed by atoms with van der Waals surface area (Å²) in [4.78, 5) is 13.4. The van der Waals surface area contributed by atoms with Crippen LogP contribution in [0.5, 0.6) is 0 Å². The molecular formula is C16H17FN2O3S2. The number of nitrogens with one attached hydrogen (secondary N) is 1. The first-order valence-corrected chi connectivity index (χ1v) is 9.79. The summed E-state index contributed by atoms with van der Waals surface area (Å²) in [5.74, 6) is -1.05. The number of amides is 1. The van der Waals surface area contributed by atoms with Gasteiger partial charge in [0.1, 0.15) is 16.1 Å². The lowest BCUT2D eigenvalue weighted by molar-refractivity contribution is -0.119. The van der Waals surface area contributed by atoms with Gasteiger partial charge in [0.2, 0.25) is 5.91 Å². The molecule has 0 aliphatic carbocycles. The maximum Gasteiger partial charge on any atom is 0.253 e. The van der Waals surface area contributed by atoms with Gasteiger partial charge in [-0.3, -0.25) is 4.79 Å². The van der Waals surface area contributed by atoms with Crippen molar-refractivity contribution in [2.45, 2.75) is 30.0 Å². The summed E-state index contributed by atoms with van der Waals surface area (Å²) in [7, 11) is -3.72. The fraction of sp³-hybridized carbons (Fsp3) is 0.312. The second-order valence-corrected chi connectivity index (χ2v) is 9.01. The van der Waals surface area contributed by atoms with E-state index in [1.54, 1.807) is 18.2 Å². The minimum Gasteiger partial charge on any atom is -0.322 e. The van der Waals surface area contributed by atoms with Gasteiger partial charge < -0.3 is 5.32 Å². The van der Waals surface area contributed by atoms with E-state index >= 15 is 0 Å².